The van der Waals surface area contributed by atoms with Crippen molar-refractivity contribution in [2.45, 2.75) is 96.5 Å². The minimum atomic E-state index is -1.18. The molecule has 5 heteroatoms. The van der Waals surface area contributed by atoms with Gasteiger partial charge in [0.2, 0.25) is 0 Å². The summed E-state index contributed by atoms with van der Waals surface area (Å²) >= 11 is 0. The molecule has 0 aliphatic heterocycles. The number of aliphatic carboxylic acids is 1. The van der Waals surface area contributed by atoms with E-state index in [1.165, 1.54) is 38.5 Å². The molecule has 30 heavy (non-hydrogen) atoms. The quantitative estimate of drug-likeness (QED) is 0.132. The molecule has 1 atom stereocenters. The number of hydrogen-bond acceptors (Lipinski definition) is 4. The first kappa shape index (κ1) is 28.4. The van der Waals surface area contributed by atoms with Gasteiger partial charge in [-0.2, -0.15) is 0 Å². The summed E-state index contributed by atoms with van der Waals surface area (Å²) in [7, 11) is 5.82. The fraction of sp³-hybridized carbons (Fsp3) is 0.760. The lowest BCUT2D eigenvalue weighted by molar-refractivity contribution is -0.873. The zero-order chi connectivity index (χ0) is 22.7. The van der Waals surface area contributed by atoms with Crippen molar-refractivity contribution in [1.82, 2.24) is 0 Å². The van der Waals surface area contributed by atoms with Crippen LogP contribution in [0.15, 0.2) is 24.3 Å². The Morgan fingerprint density at radius 2 is 1.43 bits per heavy atom. The maximum atomic E-state index is 12.0. The molecule has 0 saturated carbocycles. The lowest BCUT2D eigenvalue weighted by Gasteiger charge is -2.29. The Kier molecular flexibility index (Phi) is 17.2. The van der Waals surface area contributed by atoms with Crippen molar-refractivity contribution in [3.05, 3.63) is 24.3 Å². The van der Waals surface area contributed by atoms with E-state index in [0.717, 1.165) is 32.1 Å². The molecular formula is C25H45NO4. The van der Waals surface area contributed by atoms with E-state index in [4.69, 9.17) is 4.74 Å². The highest BCUT2D eigenvalue weighted by molar-refractivity contribution is 5.70. The first-order valence-corrected chi connectivity index (χ1v) is 11.7. The van der Waals surface area contributed by atoms with Gasteiger partial charge in [-0.1, -0.05) is 63.3 Å². The van der Waals surface area contributed by atoms with Crippen LogP contribution in [0.3, 0.4) is 0 Å². The van der Waals surface area contributed by atoms with E-state index in [9.17, 15) is 14.7 Å². The summed E-state index contributed by atoms with van der Waals surface area (Å²) in [5.41, 5.74) is 0. The van der Waals surface area contributed by atoms with E-state index in [0.29, 0.717) is 17.4 Å². The van der Waals surface area contributed by atoms with Crippen LogP contribution in [0.2, 0.25) is 0 Å². The first-order valence-electron chi connectivity index (χ1n) is 11.7. The van der Waals surface area contributed by atoms with Gasteiger partial charge in [0.15, 0.2) is 6.10 Å². The van der Waals surface area contributed by atoms with Crippen LogP contribution in [0.4, 0.5) is 0 Å². The third-order valence-corrected chi connectivity index (χ3v) is 4.78. The standard InChI is InChI=1S/C25H45NO4/c1-5-6-7-8-9-10-11-12-13-14-15-16-17-18-19-20-25(29)30-23(21-24(27)28)22-26(2,3)4/h9-10,12-13,23H,5-8,11,14-22H2,1-4H3/b10-9-,13-12-. The monoisotopic (exact) mass is 423 g/mol. The number of rotatable bonds is 19. The molecule has 0 aromatic heterocycles. The van der Waals surface area contributed by atoms with Gasteiger partial charge in [0.25, 0.3) is 0 Å². The molecular weight excluding hydrogens is 378 g/mol. The normalized spacial score (nSPS) is 13.2. The van der Waals surface area contributed by atoms with E-state index in [1.54, 1.807) is 0 Å². The number of carbonyl (C=O) groups is 2. The lowest BCUT2D eigenvalue weighted by atomic mass is 10.1. The third-order valence-electron chi connectivity index (χ3n) is 4.78. The van der Waals surface area contributed by atoms with Gasteiger partial charge in [0, 0.05) is 18.8 Å². The highest BCUT2D eigenvalue weighted by Gasteiger charge is 2.22. The second kappa shape index (κ2) is 18.2. The maximum absolute atomic E-state index is 12.0. The summed E-state index contributed by atoms with van der Waals surface area (Å²) in [4.78, 5) is 22.9. The lowest BCUT2D eigenvalue weighted by Crippen LogP contribution is -2.45. The number of unbranched alkanes of at least 4 members (excludes halogenated alkanes) is 8. The number of likely N-dealkylation sites (N-methyl/N-ethyl adjacent to an activating group) is 1. The average Bonchev–Trinajstić information content (AvgIpc) is 2.63. The van der Waals surface area contributed by atoms with E-state index in [1.807, 2.05) is 21.1 Å². The van der Waals surface area contributed by atoms with Gasteiger partial charge in [0.1, 0.15) is 6.54 Å². The first-order chi connectivity index (χ1) is 14.2. The van der Waals surface area contributed by atoms with Gasteiger partial charge < -0.3 is 19.1 Å². The number of carboxylic acid groups (broad SMARTS) is 1. The molecule has 0 radical (unpaired) electrons. The summed E-state index contributed by atoms with van der Waals surface area (Å²) in [5, 5.41) is 10.9. The molecule has 0 aromatic rings. The van der Waals surface area contributed by atoms with Crippen molar-refractivity contribution in [3.63, 3.8) is 0 Å². The van der Waals surface area contributed by atoms with Crippen molar-refractivity contribution in [2.24, 2.45) is 0 Å². The van der Waals surface area contributed by atoms with Gasteiger partial charge in [0.05, 0.1) is 21.1 Å². The molecule has 0 bridgehead atoms. The van der Waals surface area contributed by atoms with Gasteiger partial charge in [-0.25, -0.2) is 0 Å². The molecule has 174 valence electrons. The molecule has 0 N–H and O–H groups in total. The number of quaternary nitrogens is 1. The van der Waals surface area contributed by atoms with Crippen LogP contribution in [0.5, 0.6) is 0 Å². The van der Waals surface area contributed by atoms with Crippen molar-refractivity contribution >= 4 is 11.9 Å². The number of nitrogens with zero attached hydrogens (tertiary/aromatic N) is 1. The highest BCUT2D eigenvalue weighted by atomic mass is 16.5. The van der Waals surface area contributed by atoms with Crippen LogP contribution in [0.25, 0.3) is 0 Å². The van der Waals surface area contributed by atoms with Crippen LogP contribution >= 0.6 is 0 Å². The fourth-order valence-corrected chi connectivity index (χ4v) is 3.27. The smallest absolute Gasteiger partial charge is 0.306 e. The van der Waals surface area contributed by atoms with Gasteiger partial charge in [-0.3, -0.25) is 4.79 Å². The predicted molar refractivity (Wildman–Crippen MR) is 122 cm³/mol. The van der Waals surface area contributed by atoms with Crippen molar-refractivity contribution in [1.29, 1.82) is 0 Å². The van der Waals surface area contributed by atoms with E-state index >= 15 is 0 Å². The zero-order valence-electron chi connectivity index (χ0n) is 19.9. The van der Waals surface area contributed by atoms with E-state index < -0.39 is 12.1 Å². The summed E-state index contributed by atoms with van der Waals surface area (Å²) in [6.07, 6.45) is 21.0. The maximum Gasteiger partial charge on any atom is 0.306 e. The molecule has 0 aliphatic carbocycles. The summed E-state index contributed by atoms with van der Waals surface area (Å²) in [6.45, 7) is 2.69. The SMILES string of the molecule is CCCCC/C=C\C/C=C\CCCCCCCC(=O)OC(CC(=O)[O-])C[N+](C)(C)C. The summed E-state index contributed by atoms with van der Waals surface area (Å²) in [5.74, 6) is -1.49. The molecule has 0 aromatic carbocycles. The highest BCUT2D eigenvalue weighted by Crippen LogP contribution is 2.11. The predicted octanol–water partition coefficient (Wildman–Crippen LogP) is 4.56. The van der Waals surface area contributed by atoms with Crippen LogP contribution in [-0.4, -0.2) is 50.2 Å². The van der Waals surface area contributed by atoms with Crippen molar-refractivity contribution in [2.75, 3.05) is 27.7 Å². The van der Waals surface area contributed by atoms with Crippen LogP contribution in [-0.2, 0) is 14.3 Å². The minimum absolute atomic E-state index is 0.247. The fourth-order valence-electron chi connectivity index (χ4n) is 3.27. The third kappa shape index (κ3) is 21.1. The summed E-state index contributed by atoms with van der Waals surface area (Å²) < 4.78 is 5.90. The van der Waals surface area contributed by atoms with Gasteiger partial charge in [-0.05, 0) is 38.5 Å². The molecule has 0 saturated heterocycles. The molecule has 0 fully saturated rings. The number of ether oxygens (including phenoxy) is 1. The van der Waals surface area contributed by atoms with E-state index in [2.05, 4.69) is 31.2 Å². The molecule has 0 heterocycles. The van der Waals surface area contributed by atoms with Crippen molar-refractivity contribution in [3.8, 4) is 0 Å². The molecule has 0 spiro atoms. The van der Waals surface area contributed by atoms with Crippen LogP contribution in [0.1, 0.15) is 90.4 Å². The zero-order valence-corrected chi connectivity index (χ0v) is 19.9. The second-order valence-electron chi connectivity index (χ2n) is 9.14. The van der Waals surface area contributed by atoms with Crippen LogP contribution < -0.4 is 5.11 Å². The number of carbonyl (C=O) groups excluding carboxylic acids is 2. The number of hydrogen-bond donors (Lipinski definition) is 0. The molecule has 0 amide bonds. The largest absolute Gasteiger partial charge is 0.550 e. The summed E-state index contributed by atoms with van der Waals surface area (Å²) in [6, 6.07) is 0. The van der Waals surface area contributed by atoms with Gasteiger partial charge >= 0.3 is 5.97 Å². The van der Waals surface area contributed by atoms with Gasteiger partial charge in [-0.15, -0.1) is 0 Å². The molecule has 1 unspecified atom stereocenters. The number of esters is 1. The minimum Gasteiger partial charge on any atom is -0.550 e. The Labute approximate surface area is 184 Å². The Hall–Kier alpha value is -1.62. The number of allylic oxidation sites excluding steroid dienone is 4. The topological polar surface area (TPSA) is 66.4 Å². The molecule has 0 aliphatic rings. The Bertz CT molecular complexity index is 506. The average molecular weight is 424 g/mol. The Balaban J connectivity index is 3.71. The second-order valence-corrected chi connectivity index (χ2v) is 9.14. The number of carboxylic acids is 1. The Morgan fingerprint density at radius 1 is 0.867 bits per heavy atom. The molecule has 0 rings (SSSR count). The molecule has 5 nitrogen and oxygen atoms in total. The van der Waals surface area contributed by atoms with Crippen LogP contribution in [0, 0.1) is 0 Å². The van der Waals surface area contributed by atoms with Crippen molar-refractivity contribution < 1.29 is 23.9 Å². The van der Waals surface area contributed by atoms with E-state index in [-0.39, 0.29) is 12.4 Å². The Morgan fingerprint density at radius 3 is 2.00 bits per heavy atom.